The molecule has 0 aromatic carbocycles. The Morgan fingerprint density at radius 1 is 1.50 bits per heavy atom. The van der Waals surface area contributed by atoms with Gasteiger partial charge in [-0.05, 0) is 43.9 Å². The van der Waals surface area contributed by atoms with Crippen LogP contribution in [-0.4, -0.2) is 54.6 Å². The number of likely N-dealkylation sites (N-methyl/N-ethyl adjacent to an activating group) is 1. The van der Waals surface area contributed by atoms with E-state index in [1.54, 1.807) is 13.3 Å². The molecule has 0 radical (unpaired) electrons. The van der Waals surface area contributed by atoms with Crippen LogP contribution in [-0.2, 0) is 11.3 Å². The molecule has 0 atom stereocenters. The molecule has 0 amide bonds. The highest BCUT2D eigenvalue weighted by molar-refractivity contribution is 9.10. The molecular formula is C13H23BrN4O2. The van der Waals surface area contributed by atoms with E-state index < -0.39 is 0 Å². The molecule has 0 aliphatic heterocycles. The molecule has 1 aromatic heterocycles. The summed E-state index contributed by atoms with van der Waals surface area (Å²) in [5, 5.41) is 7.40. The van der Waals surface area contributed by atoms with Gasteiger partial charge in [0.15, 0.2) is 0 Å². The zero-order chi connectivity index (χ0) is 15.3. The van der Waals surface area contributed by atoms with Crippen molar-refractivity contribution in [3.63, 3.8) is 0 Å². The molecule has 1 N–H and O–H groups in total. The first-order valence-electron chi connectivity index (χ1n) is 6.45. The molecule has 0 aliphatic rings. The van der Waals surface area contributed by atoms with Crippen LogP contribution >= 0.6 is 15.9 Å². The lowest BCUT2D eigenvalue weighted by Crippen LogP contribution is -2.44. The highest BCUT2D eigenvalue weighted by Gasteiger charge is 2.20. The van der Waals surface area contributed by atoms with Gasteiger partial charge in [0, 0.05) is 19.2 Å². The second-order valence-corrected chi connectivity index (χ2v) is 6.25. The summed E-state index contributed by atoms with van der Waals surface area (Å²) in [5.41, 5.74) is 0.526. The van der Waals surface area contributed by atoms with Crippen molar-refractivity contribution in [3.8, 4) is 0 Å². The molecule has 20 heavy (non-hydrogen) atoms. The fourth-order valence-electron chi connectivity index (χ4n) is 1.39. The van der Waals surface area contributed by atoms with Crippen LogP contribution in [0.4, 0.5) is 5.69 Å². The van der Waals surface area contributed by atoms with Gasteiger partial charge >= 0.3 is 0 Å². The Morgan fingerprint density at radius 3 is 2.70 bits per heavy atom. The van der Waals surface area contributed by atoms with E-state index in [2.05, 4.69) is 45.1 Å². The molecule has 7 heteroatoms. The molecule has 6 nitrogen and oxygen atoms in total. The van der Waals surface area contributed by atoms with E-state index in [0.717, 1.165) is 0 Å². The van der Waals surface area contributed by atoms with Crippen molar-refractivity contribution in [2.24, 2.45) is 0 Å². The number of hydrogen-bond donors (Lipinski definition) is 1. The lowest BCUT2D eigenvalue weighted by molar-refractivity contribution is 0.181. The molecule has 1 rings (SSSR count). The first-order valence-corrected chi connectivity index (χ1v) is 7.24. The number of methoxy groups -OCH3 is 1. The number of aromatic nitrogens is 2. The topological polar surface area (TPSA) is 59.4 Å². The maximum absolute atomic E-state index is 12.1. The van der Waals surface area contributed by atoms with Gasteiger partial charge in [-0.15, -0.1) is 0 Å². The third-order valence-corrected chi connectivity index (χ3v) is 4.18. The van der Waals surface area contributed by atoms with Crippen molar-refractivity contribution in [1.29, 1.82) is 0 Å². The fraction of sp³-hybridized carbons (Fsp3) is 0.692. The lowest BCUT2D eigenvalue weighted by Gasteiger charge is -2.33. The van der Waals surface area contributed by atoms with Gasteiger partial charge in [-0.2, -0.15) is 5.10 Å². The molecular weight excluding hydrogens is 324 g/mol. The molecule has 114 valence electrons. The smallest absolute Gasteiger partial charge is 0.283 e. The quantitative estimate of drug-likeness (QED) is 0.808. The van der Waals surface area contributed by atoms with E-state index in [9.17, 15) is 4.79 Å². The van der Waals surface area contributed by atoms with E-state index in [1.807, 2.05) is 14.1 Å². The first-order chi connectivity index (χ1) is 9.29. The van der Waals surface area contributed by atoms with E-state index in [4.69, 9.17) is 4.74 Å². The monoisotopic (exact) mass is 346 g/mol. The number of nitrogens with zero attached hydrogens (tertiary/aromatic N) is 3. The van der Waals surface area contributed by atoms with Crippen LogP contribution in [0, 0.1) is 0 Å². The summed E-state index contributed by atoms with van der Waals surface area (Å²) in [6, 6.07) is 0. The van der Waals surface area contributed by atoms with Crippen molar-refractivity contribution in [3.05, 3.63) is 21.0 Å². The van der Waals surface area contributed by atoms with Crippen LogP contribution in [0.5, 0.6) is 0 Å². The summed E-state index contributed by atoms with van der Waals surface area (Å²) in [4.78, 5) is 14.2. The molecule has 0 saturated heterocycles. The van der Waals surface area contributed by atoms with Crippen LogP contribution < -0.4 is 10.9 Å². The molecule has 1 aromatic rings. The number of halogens is 1. The molecule has 1 heterocycles. The van der Waals surface area contributed by atoms with Gasteiger partial charge in [-0.3, -0.25) is 4.79 Å². The molecule has 0 fully saturated rings. The largest absolute Gasteiger partial charge is 0.383 e. The molecule has 0 saturated carbocycles. The predicted molar refractivity (Wildman–Crippen MR) is 84.3 cm³/mol. The average Bonchev–Trinajstić information content (AvgIpc) is 2.39. The van der Waals surface area contributed by atoms with E-state index in [1.165, 1.54) is 4.68 Å². The minimum Gasteiger partial charge on any atom is -0.383 e. The second-order valence-electron chi connectivity index (χ2n) is 5.45. The van der Waals surface area contributed by atoms with Crippen LogP contribution in [0.15, 0.2) is 15.5 Å². The normalized spacial score (nSPS) is 11.9. The third-order valence-electron chi connectivity index (χ3n) is 3.41. The van der Waals surface area contributed by atoms with Crippen LogP contribution in [0.25, 0.3) is 0 Å². The van der Waals surface area contributed by atoms with Crippen LogP contribution in [0.3, 0.4) is 0 Å². The van der Waals surface area contributed by atoms with E-state index in [-0.39, 0.29) is 11.1 Å². The van der Waals surface area contributed by atoms with Gasteiger partial charge in [0.2, 0.25) is 0 Å². The average molecular weight is 347 g/mol. The maximum Gasteiger partial charge on any atom is 0.283 e. The van der Waals surface area contributed by atoms with Gasteiger partial charge in [0.1, 0.15) is 4.47 Å². The number of nitrogens with one attached hydrogen (secondary N) is 1. The minimum absolute atomic E-state index is 0.0235. The van der Waals surface area contributed by atoms with Crippen molar-refractivity contribution in [2.75, 3.05) is 39.7 Å². The molecule has 0 aliphatic carbocycles. The van der Waals surface area contributed by atoms with E-state index >= 15 is 0 Å². The summed E-state index contributed by atoms with van der Waals surface area (Å²) in [6.45, 7) is 5.86. The maximum atomic E-state index is 12.1. The van der Waals surface area contributed by atoms with Crippen LogP contribution in [0.1, 0.15) is 13.8 Å². The summed E-state index contributed by atoms with van der Waals surface area (Å²) >= 11 is 3.34. The predicted octanol–water partition coefficient (Wildman–Crippen LogP) is 1.40. The van der Waals surface area contributed by atoms with Crippen molar-refractivity contribution in [2.45, 2.75) is 25.9 Å². The van der Waals surface area contributed by atoms with Crippen molar-refractivity contribution >= 4 is 21.6 Å². The molecule has 0 bridgehead atoms. The van der Waals surface area contributed by atoms with Gasteiger partial charge < -0.3 is 15.0 Å². The van der Waals surface area contributed by atoms with Gasteiger partial charge in [0.05, 0.1) is 25.0 Å². The Bertz CT molecular complexity index is 500. The summed E-state index contributed by atoms with van der Waals surface area (Å²) < 4.78 is 6.84. The Hall–Kier alpha value is -0.920. The van der Waals surface area contributed by atoms with Crippen LogP contribution in [0.2, 0.25) is 0 Å². The minimum atomic E-state index is -0.158. The highest BCUT2D eigenvalue weighted by atomic mass is 79.9. The van der Waals surface area contributed by atoms with Crippen molar-refractivity contribution < 1.29 is 4.74 Å². The number of hydrogen-bond acceptors (Lipinski definition) is 5. The van der Waals surface area contributed by atoms with Gasteiger partial charge in [0.25, 0.3) is 5.56 Å². The lowest BCUT2D eigenvalue weighted by atomic mass is 10.0. The fourth-order valence-corrected chi connectivity index (χ4v) is 1.84. The summed E-state index contributed by atoms with van der Waals surface area (Å²) in [5.74, 6) is 0. The van der Waals surface area contributed by atoms with E-state index in [0.29, 0.717) is 29.9 Å². The van der Waals surface area contributed by atoms with Gasteiger partial charge in [-0.25, -0.2) is 4.68 Å². The first kappa shape index (κ1) is 17.1. The Balaban J connectivity index is 2.83. The highest BCUT2D eigenvalue weighted by Crippen LogP contribution is 2.18. The Labute approximate surface area is 128 Å². The zero-order valence-electron chi connectivity index (χ0n) is 12.7. The number of anilines is 1. The number of ether oxygens (including phenoxy) is 1. The van der Waals surface area contributed by atoms with Crippen molar-refractivity contribution in [1.82, 2.24) is 14.7 Å². The van der Waals surface area contributed by atoms with Gasteiger partial charge in [-0.1, -0.05) is 0 Å². The SMILES string of the molecule is COCCn1ncc(NCC(C)(C)N(C)C)c(Br)c1=O. The second kappa shape index (κ2) is 7.19. The summed E-state index contributed by atoms with van der Waals surface area (Å²) in [6.07, 6.45) is 1.66. The Morgan fingerprint density at radius 2 is 2.15 bits per heavy atom. The number of rotatable bonds is 7. The molecule has 0 spiro atoms. The molecule has 0 unspecified atom stereocenters. The zero-order valence-corrected chi connectivity index (χ0v) is 14.3. The third kappa shape index (κ3) is 4.29. The Kier molecular flexibility index (Phi) is 6.16. The standard InChI is InChI=1S/C13H23BrN4O2/c1-13(2,17(3)4)9-15-10-8-16-18(6-7-20-5)12(19)11(10)14/h8,15H,6-7,9H2,1-5H3. The summed E-state index contributed by atoms with van der Waals surface area (Å²) in [7, 11) is 5.65.